The quantitative estimate of drug-likeness (QED) is 0.510. The van der Waals surface area contributed by atoms with Crippen molar-refractivity contribution in [2.45, 2.75) is 70.9 Å². The van der Waals surface area contributed by atoms with E-state index in [0.717, 1.165) is 25.1 Å². The summed E-state index contributed by atoms with van der Waals surface area (Å²) in [4.78, 5) is 4.68. The topological polar surface area (TPSA) is 55.9 Å². The van der Waals surface area contributed by atoms with Gasteiger partial charge in [-0.05, 0) is 37.9 Å². The first-order valence-corrected chi connectivity index (χ1v) is 10.5. The molecule has 0 radical (unpaired) electrons. The molecule has 0 saturated carbocycles. The number of nitrogens with one attached hydrogen (secondary N) is 1. The van der Waals surface area contributed by atoms with Crippen molar-refractivity contribution in [2.24, 2.45) is 0 Å². The average Bonchev–Trinajstić information content (AvgIpc) is 3.44. The molecule has 3 aromatic rings. The van der Waals surface area contributed by atoms with E-state index >= 15 is 0 Å². The molecule has 1 aromatic carbocycles. The summed E-state index contributed by atoms with van der Waals surface area (Å²) in [6, 6.07) is 8.77. The number of hydrogen-bond acceptors (Lipinski definition) is 4. The zero-order valence-corrected chi connectivity index (χ0v) is 16.3. The van der Waals surface area contributed by atoms with Crippen LogP contribution < -0.4 is 5.32 Å². The first-order valence-electron chi connectivity index (χ1n) is 10.5. The van der Waals surface area contributed by atoms with Crippen molar-refractivity contribution in [1.29, 1.82) is 0 Å². The summed E-state index contributed by atoms with van der Waals surface area (Å²) in [5.41, 5.74) is 2.31. The van der Waals surface area contributed by atoms with Gasteiger partial charge in [0.15, 0.2) is 0 Å². The highest BCUT2D eigenvalue weighted by Crippen LogP contribution is 2.30. The van der Waals surface area contributed by atoms with Crippen molar-refractivity contribution in [3.05, 3.63) is 36.4 Å². The van der Waals surface area contributed by atoms with E-state index in [0.29, 0.717) is 11.7 Å². The number of rotatable bonds is 9. The van der Waals surface area contributed by atoms with Crippen molar-refractivity contribution >= 4 is 10.9 Å². The molecule has 0 spiro atoms. The minimum atomic E-state index is 0.211. The molecule has 1 N–H and O–H groups in total. The Kier molecular flexibility index (Phi) is 5.87. The molecule has 27 heavy (non-hydrogen) atoms. The van der Waals surface area contributed by atoms with Crippen LogP contribution >= 0.6 is 0 Å². The standard InChI is InChI=1S/C22H30N4O/c1-2-3-4-5-6-7-15-26-16-13-17-18(10-8-12-20(17)26)21-24-22(27-25-21)19-11-9-14-23-19/h8,10,12-13,16,19,23H,2-7,9,11,14-15H2,1H3/t19-/m0/s1. The van der Waals surface area contributed by atoms with Crippen LogP contribution in [0.2, 0.25) is 0 Å². The van der Waals surface area contributed by atoms with Gasteiger partial charge in [0, 0.05) is 29.2 Å². The molecular formula is C22H30N4O. The third-order valence-corrected chi connectivity index (χ3v) is 5.61. The molecule has 0 unspecified atom stereocenters. The van der Waals surface area contributed by atoms with Crippen molar-refractivity contribution in [2.75, 3.05) is 6.54 Å². The summed E-state index contributed by atoms with van der Waals surface area (Å²) in [7, 11) is 0. The molecule has 4 rings (SSSR count). The second-order valence-electron chi connectivity index (χ2n) is 7.62. The van der Waals surface area contributed by atoms with Crippen LogP contribution in [-0.2, 0) is 6.54 Å². The van der Waals surface area contributed by atoms with Gasteiger partial charge < -0.3 is 14.4 Å². The highest BCUT2D eigenvalue weighted by atomic mass is 16.5. The Balaban J connectivity index is 1.47. The van der Waals surface area contributed by atoms with Crippen LogP contribution in [0.15, 0.2) is 35.0 Å². The maximum absolute atomic E-state index is 5.54. The van der Waals surface area contributed by atoms with E-state index in [2.05, 4.69) is 57.4 Å². The lowest BCUT2D eigenvalue weighted by Crippen LogP contribution is -2.12. The van der Waals surface area contributed by atoms with Gasteiger partial charge in [-0.25, -0.2) is 0 Å². The Labute approximate surface area is 161 Å². The number of aromatic nitrogens is 3. The monoisotopic (exact) mass is 366 g/mol. The molecule has 0 bridgehead atoms. The Morgan fingerprint density at radius 1 is 1.15 bits per heavy atom. The molecule has 0 amide bonds. The number of fused-ring (bicyclic) bond motifs is 1. The lowest BCUT2D eigenvalue weighted by atomic mass is 10.1. The minimum absolute atomic E-state index is 0.211. The summed E-state index contributed by atoms with van der Waals surface area (Å²) in [5.74, 6) is 1.41. The minimum Gasteiger partial charge on any atom is -0.347 e. The van der Waals surface area contributed by atoms with Gasteiger partial charge in [0.25, 0.3) is 0 Å². The number of unbranched alkanes of at least 4 members (excludes halogenated alkanes) is 5. The summed E-state index contributed by atoms with van der Waals surface area (Å²) in [6.45, 7) is 4.36. The van der Waals surface area contributed by atoms with Gasteiger partial charge in [-0.15, -0.1) is 0 Å². The number of benzene rings is 1. The lowest BCUT2D eigenvalue weighted by Gasteiger charge is -2.06. The van der Waals surface area contributed by atoms with Crippen LogP contribution in [-0.4, -0.2) is 21.3 Å². The van der Waals surface area contributed by atoms with Gasteiger partial charge in [0.1, 0.15) is 0 Å². The van der Waals surface area contributed by atoms with Gasteiger partial charge in [0.05, 0.1) is 6.04 Å². The summed E-state index contributed by atoms with van der Waals surface area (Å²) >= 11 is 0. The fraction of sp³-hybridized carbons (Fsp3) is 0.545. The Bertz CT molecular complexity index is 860. The van der Waals surface area contributed by atoms with Gasteiger partial charge >= 0.3 is 0 Å². The first kappa shape index (κ1) is 18.2. The summed E-state index contributed by atoms with van der Waals surface area (Å²) in [5, 5.41) is 8.88. The third kappa shape index (κ3) is 4.08. The van der Waals surface area contributed by atoms with Crippen molar-refractivity contribution in [3.63, 3.8) is 0 Å². The molecule has 2 aromatic heterocycles. The highest BCUT2D eigenvalue weighted by Gasteiger charge is 2.23. The van der Waals surface area contributed by atoms with Crippen LogP contribution in [0, 0.1) is 0 Å². The molecule has 3 heterocycles. The number of aryl methyl sites for hydroxylation is 1. The summed E-state index contributed by atoms with van der Waals surface area (Å²) in [6.07, 6.45) is 12.3. The smallest absolute Gasteiger partial charge is 0.244 e. The molecule has 5 nitrogen and oxygen atoms in total. The molecule has 144 valence electrons. The zero-order valence-electron chi connectivity index (χ0n) is 16.3. The number of nitrogens with zero attached hydrogens (tertiary/aromatic N) is 3. The Hall–Kier alpha value is -2.14. The largest absolute Gasteiger partial charge is 0.347 e. The second kappa shape index (κ2) is 8.70. The molecule has 1 aliphatic rings. The Morgan fingerprint density at radius 2 is 2.04 bits per heavy atom. The van der Waals surface area contributed by atoms with E-state index in [1.807, 2.05) is 0 Å². The van der Waals surface area contributed by atoms with Crippen molar-refractivity contribution in [1.82, 2.24) is 20.0 Å². The summed E-state index contributed by atoms with van der Waals surface area (Å²) < 4.78 is 7.90. The van der Waals surface area contributed by atoms with E-state index in [9.17, 15) is 0 Å². The maximum atomic E-state index is 5.54. The SMILES string of the molecule is CCCCCCCCn1ccc2c(-c3noc([C@@H]4CCCN4)n3)cccc21. The van der Waals surface area contributed by atoms with Gasteiger partial charge in [-0.2, -0.15) is 4.98 Å². The second-order valence-corrected chi connectivity index (χ2v) is 7.62. The van der Waals surface area contributed by atoms with Crippen molar-refractivity contribution in [3.8, 4) is 11.4 Å². The van der Waals surface area contributed by atoms with Crippen LogP contribution in [0.4, 0.5) is 0 Å². The first-order chi connectivity index (χ1) is 13.4. The van der Waals surface area contributed by atoms with Gasteiger partial charge in [0.2, 0.25) is 11.7 Å². The number of hydrogen-bond donors (Lipinski definition) is 1. The molecular weight excluding hydrogens is 336 g/mol. The predicted molar refractivity (Wildman–Crippen MR) is 109 cm³/mol. The maximum Gasteiger partial charge on any atom is 0.244 e. The van der Waals surface area contributed by atoms with E-state index in [-0.39, 0.29) is 6.04 Å². The molecule has 0 aliphatic carbocycles. The van der Waals surface area contributed by atoms with Gasteiger partial charge in [-0.1, -0.05) is 56.3 Å². The predicted octanol–water partition coefficient (Wildman–Crippen LogP) is 5.48. The van der Waals surface area contributed by atoms with E-state index in [4.69, 9.17) is 4.52 Å². The van der Waals surface area contributed by atoms with E-state index in [1.165, 1.54) is 55.8 Å². The lowest BCUT2D eigenvalue weighted by molar-refractivity contribution is 0.345. The fourth-order valence-electron chi connectivity index (χ4n) is 4.06. The zero-order chi connectivity index (χ0) is 18.5. The van der Waals surface area contributed by atoms with Crippen LogP contribution in [0.1, 0.15) is 70.2 Å². The average molecular weight is 367 g/mol. The molecule has 1 fully saturated rings. The normalized spacial score (nSPS) is 17.1. The molecule has 5 heteroatoms. The molecule has 1 atom stereocenters. The molecule has 1 aliphatic heterocycles. The third-order valence-electron chi connectivity index (χ3n) is 5.61. The van der Waals surface area contributed by atoms with E-state index < -0.39 is 0 Å². The highest BCUT2D eigenvalue weighted by molar-refractivity contribution is 5.93. The van der Waals surface area contributed by atoms with Gasteiger partial charge in [-0.3, -0.25) is 0 Å². The van der Waals surface area contributed by atoms with Crippen LogP contribution in [0.3, 0.4) is 0 Å². The fourth-order valence-corrected chi connectivity index (χ4v) is 4.06. The Morgan fingerprint density at radius 3 is 2.89 bits per heavy atom. The van der Waals surface area contributed by atoms with Crippen molar-refractivity contribution < 1.29 is 4.52 Å². The molecule has 1 saturated heterocycles. The van der Waals surface area contributed by atoms with E-state index in [1.54, 1.807) is 0 Å². The van der Waals surface area contributed by atoms with Crippen LogP contribution in [0.25, 0.3) is 22.3 Å². The van der Waals surface area contributed by atoms with Crippen LogP contribution in [0.5, 0.6) is 0 Å².